The monoisotopic (exact) mass is 769 g/mol. The van der Waals surface area contributed by atoms with Crippen molar-refractivity contribution in [3.63, 3.8) is 0 Å². The van der Waals surface area contributed by atoms with E-state index in [4.69, 9.17) is 26.0 Å². The molecule has 4 saturated carbocycles. The standard InChI is InChI=1S/C52H68N2O3/c1-35(2)7-6-8-36(3)47-27-28-48-46-26-15-40-33-52(32-31-50(40,4)49(46)29-30-51(47,48)5,38-11-20-43(21-12-38)56-44-24-18-42(54)19-25-44)39-13-22-45(23-14-39)57-55-34-37-9-16-41(53)17-10-37/h9-14,16-25,35-36,40,46-49H,6-8,15,26-34,53-54H2,1-5H3. The van der Waals surface area contributed by atoms with Gasteiger partial charge in [0.15, 0.2) is 5.75 Å². The molecule has 57 heavy (non-hydrogen) atoms. The van der Waals surface area contributed by atoms with E-state index in [1.165, 1.54) is 81.8 Å². The Morgan fingerprint density at radius 3 is 1.86 bits per heavy atom. The zero-order chi connectivity index (χ0) is 39.8. The first kappa shape index (κ1) is 39.8. The van der Waals surface area contributed by atoms with E-state index in [2.05, 4.69) is 83.1 Å². The van der Waals surface area contributed by atoms with Crippen molar-refractivity contribution in [1.29, 1.82) is 0 Å². The third-order valence-electron chi connectivity index (χ3n) is 16.2. The van der Waals surface area contributed by atoms with Crippen LogP contribution in [0.2, 0.25) is 0 Å². The molecular weight excluding hydrogens is 701 g/mol. The van der Waals surface area contributed by atoms with E-state index in [1.807, 2.05) is 48.5 Å². The first-order chi connectivity index (χ1) is 27.5. The van der Waals surface area contributed by atoms with Gasteiger partial charge in [-0.05, 0) is 187 Å². The third kappa shape index (κ3) is 7.95. The van der Waals surface area contributed by atoms with E-state index in [9.17, 15) is 0 Å². The minimum atomic E-state index is -0.0901. The molecule has 4 fully saturated rings. The van der Waals surface area contributed by atoms with Crippen LogP contribution in [0.15, 0.2) is 97.1 Å². The molecule has 9 atom stereocenters. The number of rotatable bonds is 13. The SMILES string of the molecule is CC(C)CCCC(C)C1CCC2C3CCC4CC(c5ccc(OOCc6ccc(N)cc6)cc5)(c5ccc(Oc6ccc(N)cc6)cc5)CCC4(C)C3CCC12C. The summed E-state index contributed by atoms with van der Waals surface area (Å²) in [4.78, 5) is 11.5. The number of fused-ring (bicyclic) bond motifs is 5. The minimum absolute atomic E-state index is 0.0901. The lowest BCUT2D eigenvalue weighted by atomic mass is 9.42. The Morgan fingerprint density at radius 1 is 0.614 bits per heavy atom. The Hall–Kier alpha value is -3.96. The summed E-state index contributed by atoms with van der Waals surface area (Å²) in [5, 5.41) is 0. The van der Waals surface area contributed by atoms with Crippen molar-refractivity contribution >= 4 is 11.4 Å². The highest BCUT2D eigenvalue weighted by atomic mass is 17.2. The first-order valence-electron chi connectivity index (χ1n) is 22.4. The average molecular weight is 769 g/mol. The van der Waals surface area contributed by atoms with Crippen molar-refractivity contribution in [2.45, 2.75) is 124 Å². The lowest BCUT2D eigenvalue weighted by molar-refractivity contribution is -0.217. The second kappa shape index (κ2) is 16.4. The Kier molecular flexibility index (Phi) is 11.4. The Labute approximate surface area is 343 Å². The van der Waals surface area contributed by atoms with Gasteiger partial charge in [0.05, 0.1) is 0 Å². The van der Waals surface area contributed by atoms with Gasteiger partial charge in [0, 0.05) is 16.8 Å². The van der Waals surface area contributed by atoms with Gasteiger partial charge in [-0.2, -0.15) is 4.89 Å². The van der Waals surface area contributed by atoms with Gasteiger partial charge < -0.3 is 21.1 Å². The van der Waals surface area contributed by atoms with E-state index in [0.29, 0.717) is 29.1 Å². The molecule has 0 amide bonds. The Bertz CT molecular complexity index is 1920. The third-order valence-corrected chi connectivity index (χ3v) is 16.2. The maximum Gasteiger partial charge on any atom is 0.165 e. The number of ether oxygens (including phenoxy) is 1. The summed E-state index contributed by atoms with van der Waals surface area (Å²) < 4.78 is 6.27. The molecule has 4 aliphatic rings. The normalized spacial score (nSPS) is 31.2. The molecule has 0 spiro atoms. The van der Waals surface area contributed by atoms with Crippen LogP contribution in [-0.2, 0) is 16.9 Å². The molecule has 0 radical (unpaired) electrons. The lowest BCUT2D eigenvalue weighted by Crippen LogP contribution is -2.55. The smallest absolute Gasteiger partial charge is 0.165 e. The molecule has 8 rings (SSSR count). The number of nitrogens with two attached hydrogens (primary N) is 2. The van der Waals surface area contributed by atoms with Crippen LogP contribution in [0.25, 0.3) is 0 Å². The molecule has 5 nitrogen and oxygen atoms in total. The highest BCUT2D eigenvalue weighted by molar-refractivity contribution is 5.47. The van der Waals surface area contributed by atoms with Crippen molar-refractivity contribution < 1.29 is 14.5 Å². The van der Waals surface area contributed by atoms with Crippen LogP contribution in [0, 0.1) is 52.3 Å². The van der Waals surface area contributed by atoms with E-state index >= 15 is 0 Å². The fraction of sp³-hybridized carbons (Fsp3) is 0.538. The molecular formula is C52H68N2O3. The molecule has 0 bridgehead atoms. The molecule has 0 aromatic heterocycles. The van der Waals surface area contributed by atoms with Crippen molar-refractivity contribution in [1.82, 2.24) is 0 Å². The van der Waals surface area contributed by atoms with Crippen molar-refractivity contribution in [3.05, 3.63) is 114 Å². The van der Waals surface area contributed by atoms with Crippen LogP contribution < -0.4 is 21.1 Å². The number of nitrogen functional groups attached to an aromatic ring is 2. The summed E-state index contributed by atoms with van der Waals surface area (Å²) in [7, 11) is 0. The van der Waals surface area contributed by atoms with Crippen molar-refractivity contribution in [2.24, 2.45) is 52.3 Å². The van der Waals surface area contributed by atoms with Crippen LogP contribution in [-0.4, -0.2) is 0 Å². The predicted octanol–water partition coefficient (Wildman–Crippen LogP) is 13.6. The Balaban J connectivity index is 1.02. The molecule has 4 N–H and O–H groups in total. The topological polar surface area (TPSA) is 79.7 Å². The van der Waals surface area contributed by atoms with Gasteiger partial charge in [0.25, 0.3) is 0 Å². The van der Waals surface area contributed by atoms with Gasteiger partial charge in [-0.3, -0.25) is 0 Å². The van der Waals surface area contributed by atoms with Crippen LogP contribution in [0.4, 0.5) is 11.4 Å². The maximum absolute atomic E-state index is 6.27. The molecule has 5 heteroatoms. The summed E-state index contributed by atoms with van der Waals surface area (Å²) in [5.41, 5.74) is 17.9. The van der Waals surface area contributed by atoms with Gasteiger partial charge in [0.2, 0.25) is 0 Å². The van der Waals surface area contributed by atoms with Gasteiger partial charge in [-0.25, -0.2) is 0 Å². The summed E-state index contributed by atoms with van der Waals surface area (Å²) in [6.45, 7) is 13.2. The molecule has 9 unspecified atom stereocenters. The predicted molar refractivity (Wildman–Crippen MR) is 234 cm³/mol. The van der Waals surface area contributed by atoms with Gasteiger partial charge in [0.1, 0.15) is 18.1 Å². The molecule has 4 aliphatic carbocycles. The largest absolute Gasteiger partial charge is 0.457 e. The van der Waals surface area contributed by atoms with E-state index in [1.54, 1.807) is 0 Å². The summed E-state index contributed by atoms with van der Waals surface area (Å²) in [5.74, 6) is 8.25. The average Bonchev–Trinajstić information content (AvgIpc) is 3.57. The van der Waals surface area contributed by atoms with E-state index in [0.717, 1.165) is 70.4 Å². The fourth-order valence-corrected chi connectivity index (χ4v) is 13.1. The number of anilines is 2. The number of benzene rings is 4. The molecule has 0 aliphatic heterocycles. The zero-order valence-corrected chi connectivity index (χ0v) is 35.4. The lowest BCUT2D eigenvalue weighted by Gasteiger charge is -2.63. The number of hydrogen-bond acceptors (Lipinski definition) is 5. The maximum atomic E-state index is 6.27. The molecule has 4 aromatic carbocycles. The zero-order valence-electron chi connectivity index (χ0n) is 35.4. The molecule has 0 saturated heterocycles. The molecule has 0 heterocycles. The van der Waals surface area contributed by atoms with E-state index < -0.39 is 0 Å². The quantitative estimate of drug-likeness (QED) is 0.0804. The number of hydrogen-bond donors (Lipinski definition) is 2. The molecule has 4 aromatic rings. The van der Waals surface area contributed by atoms with Crippen molar-refractivity contribution in [2.75, 3.05) is 11.5 Å². The highest BCUT2D eigenvalue weighted by Crippen LogP contribution is 2.70. The van der Waals surface area contributed by atoms with Gasteiger partial charge >= 0.3 is 0 Å². The van der Waals surface area contributed by atoms with Crippen molar-refractivity contribution in [3.8, 4) is 17.2 Å². The van der Waals surface area contributed by atoms with Crippen LogP contribution >= 0.6 is 0 Å². The fourth-order valence-electron chi connectivity index (χ4n) is 13.1. The first-order valence-corrected chi connectivity index (χ1v) is 22.4. The summed E-state index contributed by atoms with van der Waals surface area (Å²) in [6.07, 6.45) is 16.3. The van der Waals surface area contributed by atoms with E-state index in [-0.39, 0.29) is 5.41 Å². The van der Waals surface area contributed by atoms with Gasteiger partial charge in [-0.1, -0.05) is 90.3 Å². The van der Waals surface area contributed by atoms with Crippen LogP contribution in [0.5, 0.6) is 17.2 Å². The van der Waals surface area contributed by atoms with Gasteiger partial charge in [-0.15, -0.1) is 0 Å². The molecule has 304 valence electrons. The summed E-state index contributed by atoms with van der Waals surface area (Å²) in [6, 6.07) is 33.1. The summed E-state index contributed by atoms with van der Waals surface area (Å²) >= 11 is 0. The second-order valence-electron chi connectivity index (χ2n) is 19.8. The minimum Gasteiger partial charge on any atom is -0.457 e. The Morgan fingerprint density at radius 2 is 1.21 bits per heavy atom. The van der Waals surface area contributed by atoms with Crippen LogP contribution in [0.1, 0.15) is 128 Å². The second-order valence-corrected chi connectivity index (χ2v) is 19.8. The van der Waals surface area contributed by atoms with Crippen LogP contribution in [0.3, 0.4) is 0 Å². The highest BCUT2D eigenvalue weighted by Gasteiger charge is 2.62.